The second kappa shape index (κ2) is 8.40. The Morgan fingerprint density at radius 2 is 0.667 bits per heavy atom. The van der Waals surface area contributed by atoms with Gasteiger partial charge in [0.1, 0.15) is 0 Å². The topological polar surface area (TPSA) is 112 Å². The molecule has 0 amide bonds. The van der Waals surface area contributed by atoms with Crippen LogP contribution in [-0.4, -0.2) is 33.2 Å². The number of benzene rings is 1. The molecule has 162 valence electrons. The zero-order chi connectivity index (χ0) is 21.4. The molecule has 0 aromatic heterocycles. The zero-order valence-corrected chi connectivity index (χ0v) is 17.3. The maximum absolute atomic E-state index is 12.6. The van der Waals surface area contributed by atoms with Crippen molar-refractivity contribution in [1.29, 1.82) is 0 Å². The Kier molecular flexibility index (Phi) is 5.85. The van der Waals surface area contributed by atoms with Gasteiger partial charge in [-0.25, -0.2) is 14.4 Å². The third-order valence-corrected chi connectivity index (χ3v) is 7.55. The van der Waals surface area contributed by atoms with Gasteiger partial charge in [0, 0.05) is 0 Å². The van der Waals surface area contributed by atoms with Gasteiger partial charge in [0.15, 0.2) is 0 Å². The van der Waals surface area contributed by atoms with Crippen LogP contribution in [0.5, 0.6) is 0 Å². The molecule has 6 heteroatoms. The molecule has 4 rings (SSSR count). The van der Waals surface area contributed by atoms with Crippen molar-refractivity contribution >= 4 is 17.9 Å². The Balaban J connectivity index is 2.13. The van der Waals surface area contributed by atoms with E-state index in [9.17, 15) is 29.7 Å². The van der Waals surface area contributed by atoms with Gasteiger partial charge in [-0.1, -0.05) is 38.5 Å². The van der Waals surface area contributed by atoms with Gasteiger partial charge in [-0.15, -0.1) is 0 Å². The van der Waals surface area contributed by atoms with E-state index in [0.29, 0.717) is 16.7 Å². The summed E-state index contributed by atoms with van der Waals surface area (Å²) in [5.41, 5.74) is 1.23. The minimum absolute atomic E-state index is 0.00894. The van der Waals surface area contributed by atoms with Crippen molar-refractivity contribution in [2.24, 2.45) is 0 Å². The molecule has 0 atom stereocenters. The Morgan fingerprint density at radius 3 is 0.833 bits per heavy atom. The van der Waals surface area contributed by atoms with Crippen molar-refractivity contribution in [3.05, 3.63) is 33.4 Å². The van der Waals surface area contributed by atoms with E-state index in [1.165, 1.54) is 0 Å². The fourth-order valence-corrected chi connectivity index (χ4v) is 6.37. The number of rotatable bonds is 6. The molecule has 0 radical (unpaired) electrons. The van der Waals surface area contributed by atoms with Crippen molar-refractivity contribution in [3.8, 4) is 0 Å². The van der Waals surface area contributed by atoms with Crippen molar-refractivity contribution < 1.29 is 29.7 Å². The summed E-state index contributed by atoms with van der Waals surface area (Å²) < 4.78 is 0. The van der Waals surface area contributed by atoms with E-state index in [4.69, 9.17) is 0 Å². The summed E-state index contributed by atoms with van der Waals surface area (Å²) in [4.78, 5) is 37.7. The minimum atomic E-state index is -1.18. The van der Waals surface area contributed by atoms with Crippen LogP contribution in [0.3, 0.4) is 0 Å². The molecule has 0 bridgehead atoms. The van der Waals surface area contributed by atoms with Crippen LogP contribution in [0.2, 0.25) is 0 Å². The number of hydrogen-bond donors (Lipinski definition) is 3. The van der Waals surface area contributed by atoms with Gasteiger partial charge in [-0.3, -0.25) is 0 Å². The number of hydrogen-bond acceptors (Lipinski definition) is 3. The third-order valence-electron chi connectivity index (χ3n) is 7.55. The van der Waals surface area contributed by atoms with Gasteiger partial charge in [0.25, 0.3) is 0 Å². The molecule has 3 N–H and O–H groups in total. The quantitative estimate of drug-likeness (QED) is 0.546. The lowest BCUT2D eigenvalue weighted by Gasteiger charge is -2.29. The standard InChI is InChI=1S/C24H30O6/c25-22(26)19-16(13-7-1-2-8-13)20(23(27)28)18(15-11-5-6-12-15)21(24(29)30)17(19)14-9-3-4-10-14/h13-15H,1-12H2,(H,25,26)(H,27,28)(H,29,30). The molecule has 1 aromatic rings. The van der Waals surface area contributed by atoms with E-state index in [0.717, 1.165) is 77.0 Å². The van der Waals surface area contributed by atoms with Gasteiger partial charge < -0.3 is 15.3 Å². The van der Waals surface area contributed by atoms with Gasteiger partial charge in [0.05, 0.1) is 16.7 Å². The third kappa shape index (κ3) is 3.50. The van der Waals surface area contributed by atoms with Crippen LogP contribution in [0.15, 0.2) is 0 Å². The molecule has 3 aliphatic carbocycles. The fourth-order valence-electron chi connectivity index (χ4n) is 6.37. The second-order valence-corrected chi connectivity index (χ2v) is 9.23. The Morgan fingerprint density at radius 1 is 0.467 bits per heavy atom. The van der Waals surface area contributed by atoms with E-state index >= 15 is 0 Å². The molecule has 6 nitrogen and oxygen atoms in total. The Labute approximate surface area is 176 Å². The van der Waals surface area contributed by atoms with E-state index in [1.54, 1.807) is 0 Å². The highest BCUT2D eigenvalue weighted by Gasteiger charge is 2.41. The first-order valence-corrected chi connectivity index (χ1v) is 11.3. The monoisotopic (exact) mass is 414 g/mol. The highest BCUT2D eigenvalue weighted by Crippen LogP contribution is 2.49. The van der Waals surface area contributed by atoms with Crippen LogP contribution < -0.4 is 0 Å². The van der Waals surface area contributed by atoms with E-state index in [1.807, 2.05) is 0 Å². The van der Waals surface area contributed by atoms with E-state index < -0.39 is 17.9 Å². The molecule has 0 unspecified atom stereocenters. The predicted octanol–water partition coefficient (Wildman–Crippen LogP) is 5.75. The van der Waals surface area contributed by atoms with Gasteiger partial charge in [-0.05, 0) is 73.0 Å². The van der Waals surface area contributed by atoms with Crippen LogP contribution >= 0.6 is 0 Å². The van der Waals surface area contributed by atoms with Crippen LogP contribution in [0, 0.1) is 0 Å². The summed E-state index contributed by atoms with van der Waals surface area (Å²) in [6.07, 6.45) is 10.3. The highest BCUT2D eigenvalue weighted by atomic mass is 16.4. The summed E-state index contributed by atoms with van der Waals surface area (Å²) >= 11 is 0. The largest absolute Gasteiger partial charge is 0.478 e. The van der Waals surface area contributed by atoms with Gasteiger partial charge >= 0.3 is 17.9 Å². The minimum Gasteiger partial charge on any atom is -0.478 e. The Bertz CT molecular complexity index is 733. The normalized spacial score (nSPS) is 20.8. The molecule has 30 heavy (non-hydrogen) atoms. The average Bonchev–Trinajstić information content (AvgIpc) is 3.48. The number of aromatic carboxylic acids is 3. The summed E-state index contributed by atoms with van der Waals surface area (Å²) in [5.74, 6) is -3.90. The first-order chi connectivity index (χ1) is 14.4. The van der Waals surface area contributed by atoms with Crippen molar-refractivity contribution in [1.82, 2.24) is 0 Å². The number of carboxylic acids is 3. The van der Waals surface area contributed by atoms with Gasteiger partial charge in [-0.2, -0.15) is 0 Å². The Hall–Kier alpha value is -2.37. The molecule has 3 fully saturated rings. The summed E-state index contributed by atoms with van der Waals surface area (Å²) in [5, 5.41) is 30.7. The number of carbonyl (C=O) groups is 3. The number of carboxylic acid groups (broad SMARTS) is 3. The molecule has 1 aromatic carbocycles. The SMILES string of the molecule is O=C(O)c1c(C2CCCC2)c(C(=O)O)c(C2CCCC2)c(C(=O)O)c1C1CCCC1. The van der Waals surface area contributed by atoms with Crippen molar-refractivity contribution in [2.75, 3.05) is 0 Å². The zero-order valence-electron chi connectivity index (χ0n) is 17.3. The van der Waals surface area contributed by atoms with Crippen LogP contribution in [0.25, 0.3) is 0 Å². The smallest absolute Gasteiger partial charge is 0.336 e. The second-order valence-electron chi connectivity index (χ2n) is 9.23. The fraction of sp³-hybridized carbons (Fsp3) is 0.625. The van der Waals surface area contributed by atoms with Crippen molar-refractivity contribution in [2.45, 2.75) is 94.8 Å². The van der Waals surface area contributed by atoms with E-state index in [-0.39, 0.29) is 34.4 Å². The lowest BCUT2D eigenvalue weighted by atomic mass is 9.73. The summed E-state index contributed by atoms with van der Waals surface area (Å²) in [6.45, 7) is 0. The summed E-state index contributed by atoms with van der Waals surface area (Å²) in [7, 11) is 0. The maximum Gasteiger partial charge on any atom is 0.336 e. The van der Waals surface area contributed by atoms with Crippen LogP contribution in [-0.2, 0) is 0 Å². The first kappa shape index (κ1) is 20.9. The molecule has 0 spiro atoms. The van der Waals surface area contributed by atoms with Crippen LogP contribution in [0.1, 0.15) is 143 Å². The molecule has 0 saturated heterocycles. The lowest BCUT2D eigenvalue weighted by Crippen LogP contribution is -2.25. The lowest BCUT2D eigenvalue weighted by molar-refractivity contribution is 0.0690. The molecule has 3 aliphatic rings. The van der Waals surface area contributed by atoms with Crippen LogP contribution in [0.4, 0.5) is 0 Å². The highest BCUT2D eigenvalue weighted by molar-refractivity contribution is 6.06. The molecular weight excluding hydrogens is 384 g/mol. The summed E-state index contributed by atoms with van der Waals surface area (Å²) in [6, 6.07) is 0. The first-order valence-electron chi connectivity index (χ1n) is 11.3. The molecule has 0 aliphatic heterocycles. The molecule has 3 saturated carbocycles. The average molecular weight is 414 g/mol. The predicted molar refractivity (Wildman–Crippen MR) is 111 cm³/mol. The van der Waals surface area contributed by atoms with Crippen molar-refractivity contribution in [3.63, 3.8) is 0 Å². The van der Waals surface area contributed by atoms with Gasteiger partial charge in [0.2, 0.25) is 0 Å². The molecular formula is C24H30O6. The molecule has 0 heterocycles. The maximum atomic E-state index is 12.6. The van der Waals surface area contributed by atoms with E-state index in [2.05, 4.69) is 0 Å².